The molecule has 5 nitrogen and oxygen atoms in total. The van der Waals surface area contributed by atoms with E-state index in [1.807, 2.05) is 48.0 Å². The molecule has 1 aromatic carbocycles. The lowest BCUT2D eigenvalue weighted by Crippen LogP contribution is -2.53. The summed E-state index contributed by atoms with van der Waals surface area (Å²) >= 11 is 0. The van der Waals surface area contributed by atoms with E-state index >= 15 is 0 Å². The predicted molar refractivity (Wildman–Crippen MR) is 81.4 cm³/mol. The molecule has 1 aliphatic rings. The summed E-state index contributed by atoms with van der Waals surface area (Å²) in [7, 11) is 1.94. The van der Waals surface area contributed by atoms with Gasteiger partial charge in [-0.05, 0) is 26.1 Å². The van der Waals surface area contributed by atoms with Crippen LogP contribution in [0.15, 0.2) is 24.3 Å². The quantitative estimate of drug-likeness (QED) is 0.870. The second-order valence-electron chi connectivity index (χ2n) is 5.58. The summed E-state index contributed by atoms with van der Waals surface area (Å²) in [5.74, 6) is 0.0562. The van der Waals surface area contributed by atoms with Gasteiger partial charge in [0.25, 0.3) is 5.91 Å². The van der Waals surface area contributed by atoms with Gasteiger partial charge in [-0.1, -0.05) is 17.7 Å². The fraction of sp³-hybridized carbons (Fsp3) is 0.562. The van der Waals surface area contributed by atoms with E-state index in [1.54, 1.807) is 0 Å². The summed E-state index contributed by atoms with van der Waals surface area (Å²) < 4.78 is 5.51. The van der Waals surface area contributed by atoms with E-state index in [0.29, 0.717) is 32.8 Å². The van der Waals surface area contributed by atoms with Crippen LogP contribution in [-0.2, 0) is 4.74 Å². The third-order valence-electron chi connectivity index (χ3n) is 3.79. The van der Waals surface area contributed by atoms with Crippen molar-refractivity contribution in [1.29, 1.82) is 0 Å². The molecule has 21 heavy (non-hydrogen) atoms. The van der Waals surface area contributed by atoms with Crippen LogP contribution in [0.25, 0.3) is 0 Å². The highest BCUT2D eigenvalue weighted by Gasteiger charge is 2.28. The smallest absolute Gasteiger partial charge is 0.254 e. The van der Waals surface area contributed by atoms with Gasteiger partial charge in [-0.3, -0.25) is 4.79 Å². The maximum absolute atomic E-state index is 12.7. The minimum absolute atomic E-state index is 0.0316. The van der Waals surface area contributed by atoms with Crippen molar-refractivity contribution in [2.75, 3.05) is 46.5 Å². The van der Waals surface area contributed by atoms with Crippen molar-refractivity contribution in [2.24, 2.45) is 0 Å². The lowest BCUT2D eigenvalue weighted by atomic mass is 10.1. The Bertz CT molecular complexity index is 461. The standard InChI is InChI=1S/C16H24N2O3/c1-13-3-5-14(6-4-13)16(20)18-8-10-21-12-15(18)11-17(2)7-9-19/h3-6,15,19H,7-12H2,1-2H3/t15-/m1/s1. The predicted octanol–water partition coefficient (Wildman–Crippen LogP) is 0.760. The number of aliphatic hydroxyl groups is 1. The Morgan fingerprint density at radius 3 is 2.81 bits per heavy atom. The van der Waals surface area contributed by atoms with Gasteiger partial charge in [0.1, 0.15) is 0 Å². The van der Waals surface area contributed by atoms with E-state index in [2.05, 4.69) is 0 Å². The first-order chi connectivity index (χ1) is 10.1. The number of aryl methyl sites for hydroxylation is 1. The van der Waals surface area contributed by atoms with Crippen LogP contribution in [0, 0.1) is 6.92 Å². The molecule has 1 aliphatic heterocycles. The number of benzene rings is 1. The Balaban J connectivity index is 2.06. The molecule has 0 aliphatic carbocycles. The van der Waals surface area contributed by atoms with Gasteiger partial charge in [-0.25, -0.2) is 0 Å². The van der Waals surface area contributed by atoms with E-state index in [-0.39, 0.29) is 18.6 Å². The van der Waals surface area contributed by atoms with Gasteiger partial charge in [0.15, 0.2) is 0 Å². The number of nitrogens with zero attached hydrogens (tertiary/aromatic N) is 2. The number of hydrogen-bond acceptors (Lipinski definition) is 4. The maximum Gasteiger partial charge on any atom is 0.254 e. The first kappa shape index (κ1) is 15.9. The lowest BCUT2D eigenvalue weighted by Gasteiger charge is -2.37. The normalized spacial score (nSPS) is 19.0. The topological polar surface area (TPSA) is 53.0 Å². The van der Waals surface area contributed by atoms with Crippen molar-refractivity contribution in [1.82, 2.24) is 9.80 Å². The molecule has 1 aromatic rings. The Morgan fingerprint density at radius 1 is 1.43 bits per heavy atom. The van der Waals surface area contributed by atoms with Gasteiger partial charge in [-0.2, -0.15) is 0 Å². The number of carbonyl (C=O) groups is 1. The molecule has 1 heterocycles. The molecule has 116 valence electrons. The second-order valence-corrected chi connectivity index (χ2v) is 5.58. The minimum Gasteiger partial charge on any atom is -0.395 e. The minimum atomic E-state index is 0.0316. The fourth-order valence-corrected chi connectivity index (χ4v) is 2.56. The molecule has 0 aromatic heterocycles. The molecule has 0 spiro atoms. The van der Waals surface area contributed by atoms with E-state index in [1.165, 1.54) is 0 Å². The summed E-state index contributed by atoms with van der Waals surface area (Å²) in [6.07, 6.45) is 0. The number of hydrogen-bond donors (Lipinski definition) is 1. The highest BCUT2D eigenvalue weighted by atomic mass is 16.5. The van der Waals surface area contributed by atoms with Crippen LogP contribution in [-0.4, -0.2) is 73.4 Å². The first-order valence-electron chi connectivity index (χ1n) is 7.36. The monoisotopic (exact) mass is 292 g/mol. The molecule has 0 saturated carbocycles. The number of rotatable bonds is 5. The fourth-order valence-electron chi connectivity index (χ4n) is 2.56. The van der Waals surface area contributed by atoms with Crippen LogP contribution in [0.2, 0.25) is 0 Å². The lowest BCUT2D eigenvalue weighted by molar-refractivity contribution is -0.0109. The van der Waals surface area contributed by atoms with E-state index in [0.717, 1.165) is 11.1 Å². The molecule has 1 N–H and O–H groups in total. The van der Waals surface area contributed by atoms with Crippen molar-refractivity contribution in [3.05, 3.63) is 35.4 Å². The number of likely N-dealkylation sites (N-methyl/N-ethyl adjacent to an activating group) is 1. The zero-order chi connectivity index (χ0) is 15.2. The SMILES string of the molecule is Cc1ccc(C(=O)N2CCOC[C@H]2CN(C)CCO)cc1. The van der Waals surface area contributed by atoms with Gasteiger partial charge >= 0.3 is 0 Å². The van der Waals surface area contributed by atoms with Crippen LogP contribution < -0.4 is 0 Å². The van der Waals surface area contributed by atoms with Crippen LogP contribution in [0.4, 0.5) is 0 Å². The average Bonchev–Trinajstić information content (AvgIpc) is 2.48. The number of amides is 1. The zero-order valence-electron chi connectivity index (χ0n) is 12.8. The van der Waals surface area contributed by atoms with Crippen molar-refractivity contribution in [3.63, 3.8) is 0 Å². The van der Waals surface area contributed by atoms with Crippen molar-refractivity contribution in [3.8, 4) is 0 Å². The second kappa shape index (κ2) is 7.54. The molecule has 0 unspecified atom stereocenters. The van der Waals surface area contributed by atoms with E-state index in [9.17, 15) is 4.79 Å². The molecule has 1 saturated heterocycles. The van der Waals surface area contributed by atoms with Crippen LogP contribution >= 0.6 is 0 Å². The van der Waals surface area contributed by atoms with Crippen LogP contribution in [0.1, 0.15) is 15.9 Å². The van der Waals surface area contributed by atoms with Gasteiger partial charge in [0.05, 0.1) is 25.9 Å². The highest BCUT2D eigenvalue weighted by molar-refractivity contribution is 5.94. The Morgan fingerprint density at radius 2 is 2.14 bits per heavy atom. The molecule has 0 bridgehead atoms. The average molecular weight is 292 g/mol. The summed E-state index contributed by atoms with van der Waals surface area (Å²) in [6, 6.07) is 7.70. The molecule has 1 fully saturated rings. The largest absolute Gasteiger partial charge is 0.395 e. The van der Waals surface area contributed by atoms with Crippen molar-refractivity contribution < 1.29 is 14.6 Å². The Hall–Kier alpha value is -1.43. The molecule has 5 heteroatoms. The van der Waals surface area contributed by atoms with Gasteiger partial charge < -0.3 is 19.6 Å². The Kier molecular flexibility index (Phi) is 5.73. The summed E-state index contributed by atoms with van der Waals surface area (Å²) in [6.45, 7) is 5.18. The molecular formula is C16H24N2O3. The van der Waals surface area contributed by atoms with Crippen molar-refractivity contribution in [2.45, 2.75) is 13.0 Å². The summed E-state index contributed by atoms with van der Waals surface area (Å²) in [4.78, 5) is 16.6. The molecular weight excluding hydrogens is 268 g/mol. The Labute approximate surface area is 126 Å². The molecule has 2 rings (SSSR count). The van der Waals surface area contributed by atoms with E-state index < -0.39 is 0 Å². The summed E-state index contributed by atoms with van der Waals surface area (Å²) in [5.41, 5.74) is 1.87. The van der Waals surface area contributed by atoms with Crippen molar-refractivity contribution >= 4 is 5.91 Å². The first-order valence-corrected chi connectivity index (χ1v) is 7.36. The summed E-state index contributed by atoms with van der Waals surface area (Å²) in [5, 5.41) is 8.99. The van der Waals surface area contributed by atoms with Gasteiger partial charge in [-0.15, -0.1) is 0 Å². The zero-order valence-corrected chi connectivity index (χ0v) is 12.8. The highest BCUT2D eigenvalue weighted by Crippen LogP contribution is 2.14. The van der Waals surface area contributed by atoms with Crippen LogP contribution in [0.5, 0.6) is 0 Å². The van der Waals surface area contributed by atoms with Crippen LogP contribution in [0.3, 0.4) is 0 Å². The van der Waals surface area contributed by atoms with Gasteiger partial charge in [0.2, 0.25) is 0 Å². The number of carbonyl (C=O) groups excluding carboxylic acids is 1. The third kappa shape index (κ3) is 4.27. The number of ether oxygens (including phenoxy) is 1. The van der Waals surface area contributed by atoms with Gasteiger partial charge in [0, 0.05) is 25.2 Å². The molecule has 1 atom stereocenters. The molecule has 1 amide bonds. The molecule has 0 radical (unpaired) electrons. The number of morpholine rings is 1. The maximum atomic E-state index is 12.7. The third-order valence-corrected chi connectivity index (χ3v) is 3.79. The van der Waals surface area contributed by atoms with E-state index in [4.69, 9.17) is 9.84 Å². The number of aliphatic hydroxyl groups excluding tert-OH is 1.